The number of carbonyl (C=O) groups excluding carboxylic acids is 1. The van der Waals surface area contributed by atoms with E-state index in [0.717, 1.165) is 22.4 Å². The summed E-state index contributed by atoms with van der Waals surface area (Å²) in [6, 6.07) is 0.338. The van der Waals surface area contributed by atoms with Crippen LogP contribution in [-0.2, 0) is 4.79 Å². The smallest absolute Gasteiger partial charge is 0.156 e. The molecule has 0 aliphatic carbocycles. The van der Waals surface area contributed by atoms with Crippen LogP contribution in [0.15, 0.2) is 11.8 Å². The minimum absolute atomic E-state index is 0.152. The lowest BCUT2D eigenvalue weighted by Gasteiger charge is -2.12. The Morgan fingerprint density at radius 1 is 1.22 bits per heavy atom. The van der Waals surface area contributed by atoms with Crippen molar-refractivity contribution in [2.75, 3.05) is 0 Å². The van der Waals surface area contributed by atoms with Gasteiger partial charge < -0.3 is 0 Å². The molecule has 0 amide bonds. The Morgan fingerprint density at radius 2 is 1.78 bits per heavy atom. The van der Waals surface area contributed by atoms with Gasteiger partial charge in [0, 0.05) is 23.4 Å². The number of ketones is 1. The molecule has 0 aliphatic rings. The van der Waals surface area contributed by atoms with E-state index >= 15 is 0 Å². The molecule has 0 saturated carbocycles. The van der Waals surface area contributed by atoms with E-state index in [9.17, 15) is 4.79 Å². The number of allylic oxidation sites excluding steroid dienone is 2. The van der Waals surface area contributed by atoms with E-state index in [1.54, 1.807) is 6.92 Å². The van der Waals surface area contributed by atoms with E-state index in [4.69, 9.17) is 0 Å². The van der Waals surface area contributed by atoms with Gasteiger partial charge in [0.25, 0.3) is 0 Å². The van der Waals surface area contributed by atoms with Crippen molar-refractivity contribution in [2.24, 2.45) is 5.92 Å². The van der Waals surface area contributed by atoms with Gasteiger partial charge in [-0.05, 0) is 46.1 Å². The minimum atomic E-state index is 0.152. The zero-order chi connectivity index (χ0) is 14.0. The highest BCUT2D eigenvalue weighted by Crippen LogP contribution is 2.26. The van der Waals surface area contributed by atoms with Crippen LogP contribution < -0.4 is 0 Å². The van der Waals surface area contributed by atoms with Crippen LogP contribution in [-0.4, -0.2) is 15.6 Å². The van der Waals surface area contributed by atoms with E-state index in [2.05, 4.69) is 32.8 Å². The highest BCUT2D eigenvalue weighted by Gasteiger charge is 2.17. The molecule has 3 nitrogen and oxygen atoms in total. The molecule has 1 aromatic rings. The fourth-order valence-corrected chi connectivity index (χ4v) is 2.36. The van der Waals surface area contributed by atoms with Crippen LogP contribution in [0.3, 0.4) is 0 Å². The highest BCUT2D eigenvalue weighted by molar-refractivity contribution is 6.01. The van der Waals surface area contributed by atoms with Gasteiger partial charge in [-0.3, -0.25) is 9.48 Å². The molecule has 0 spiro atoms. The van der Waals surface area contributed by atoms with Crippen LogP contribution in [0.25, 0.3) is 5.57 Å². The van der Waals surface area contributed by atoms with Gasteiger partial charge in [-0.1, -0.05) is 13.8 Å². The van der Waals surface area contributed by atoms with E-state index in [-0.39, 0.29) is 11.7 Å². The zero-order valence-electron chi connectivity index (χ0n) is 12.5. The Balaban J connectivity index is 3.36. The first kappa shape index (κ1) is 14.7. The Morgan fingerprint density at radius 3 is 2.11 bits per heavy atom. The monoisotopic (exact) mass is 248 g/mol. The van der Waals surface area contributed by atoms with E-state index in [0.29, 0.717) is 6.04 Å². The van der Waals surface area contributed by atoms with Gasteiger partial charge in [-0.2, -0.15) is 5.10 Å². The van der Waals surface area contributed by atoms with Crippen LogP contribution in [0.1, 0.15) is 58.8 Å². The lowest BCUT2D eigenvalue weighted by Crippen LogP contribution is -2.07. The number of aromatic nitrogens is 2. The number of nitrogens with zero attached hydrogens (tertiary/aromatic N) is 2. The molecule has 0 unspecified atom stereocenters. The Labute approximate surface area is 110 Å². The van der Waals surface area contributed by atoms with Gasteiger partial charge >= 0.3 is 0 Å². The molecule has 0 radical (unpaired) electrons. The maximum Gasteiger partial charge on any atom is 0.156 e. The van der Waals surface area contributed by atoms with E-state index < -0.39 is 0 Å². The van der Waals surface area contributed by atoms with Crippen molar-refractivity contribution in [1.29, 1.82) is 0 Å². The largest absolute Gasteiger partial charge is 0.295 e. The highest BCUT2D eigenvalue weighted by atomic mass is 16.1. The van der Waals surface area contributed by atoms with Crippen molar-refractivity contribution in [3.05, 3.63) is 23.0 Å². The third-order valence-electron chi connectivity index (χ3n) is 3.21. The molecule has 1 rings (SSSR count). The van der Waals surface area contributed by atoms with Crippen LogP contribution in [0.4, 0.5) is 0 Å². The molecule has 0 bridgehead atoms. The maximum atomic E-state index is 11.8. The maximum absolute atomic E-state index is 11.8. The molecular weight excluding hydrogens is 224 g/mol. The Bertz CT molecular complexity index is 479. The summed E-state index contributed by atoms with van der Waals surface area (Å²) in [5.74, 6) is 0.392. The Hall–Kier alpha value is -1.38. The quantitative estimate of drug-likeness (QED) is 0.760. The third kappa shape index (κ3) is 2.89. The molecule has 18 heavy (non-hydrogen) atoms. The van der Waals surface area contributed by atoms with Crippen LogP contribution in [0.2, 0.25) is 0 Å². The molecule has 0 aromatic carbocycles. The lowest BCUT2D eigenvalue weighted by molar-refractivity contribution is -0.113. The zero-order valence-corrected chi connectivity index (χ0v) is 12.5. The topological polar surface area (TPSA) is 34.9 Å². The second-order valence-corrected chi connectivity index (χ2v) is 5.45. The number of hydrogen-bond acceptors (Lipinski definition) is 2. The van der Waals surface area contributed by atoms with Gasteiger partial charge in [0.2, 0.25) is 0 Å². The molecule has 1 aromatic heterocycles. The number of rotatable bonds is 4. The number of Topliss-reactive ketones (excluding diaryl/α,β-unsaturated/α-hetero) is 1. The predicted molar refractivity (Wildman–Crippen MR) is 75.5 cm³/mol. The second-order valence-electron chi connectivity index (χ2n) is 5.45. The van der Waals surface area contributed by atoms with Crippen molar-refractivity contribution >= 4 is 11.4 Å². The standard InChI is InChI=1S/C15H24N2O/c1-9(2)15(13(7)18)11(5)14-8-17(10(3)4)16-12(14)6/h8-10H,1-7H3. The SMILES string of the molecule is CC(=O)C(=C(C)c1cn(C(C)C)nc1C)C(C)C. The van der Waals surface area contributed by atoms with E-state index in [1.165, 1.54) is 0 Å². The summed E-state index contributed by atoms with van der Waals surface area (Å²) in [7, 11) is 0. The van der Waals surface area contributed by atoms with Crippen molar-refractivity contribution in [1.82, 2.24) is 9.78 Å². The molecule has 1 heterocycles. The summed E-state index contributed by atoms with van der Waals surface area (Å²) >= 11 is 0. The first-order chi connectivity index (χ1) is 8.25. The molecule has 0 aliphatic heterocycles. The molecule has 0 N–H and O–H groups in total. The first-order valence-corrected chi connectivity index (χ1v) is 6.53. The average Bonchev–Trinajstić information content (AvgIpc) is 2.59. The minimum Gasteiger partial charge on any atom is -0.295 e. The molecule has 100 valence electrons. The first-order valence-electron chi connectivity index (χ1n) is 6.53. The molecule has 0 fully saturated rings. The molecular formula is C15H24N2O. The van der Waals surface area contributed by atoms with Crippen molar-refractivity contribution in [3.63, 3.8) is 0 Å². The second kappa shape index (κ2) is 5.51. The predicted octanol–water partition coefficient (Wildman–Crippen LogP) is 3.79. The fraction of sp³-hybridized carbons (Fsp3) is 0.600. The molecule has 0 saturated heterocycles. The van der Waals surface area contributed by atoms with Crippen molar-refractivity contribution < 1.29 is 4.79 Å². The van der Waals surface area contributed by atoms with Gasteiger partial charge in [0.1, 0.15) is 0 Å². The van der Waals surface area contributed by atoms with Crippen LogP contribution in [0.5, 0.6) is 0 Å². The third-order valence-corrected chi connectivity index (χ3v) is 3.21. The number of carbonyl (C=O) groups is 1. The average molecular weight is 248 g/mol. The van der Waals surface area contributed by atoms with Gasteiger partial charge in [0.05, 0.1) is 5.69 Å². The van der Waals surface area contributed by atoms with Gasteiger partial charge in [-0.15, -0.1) is 0 Å². The summed E-state index contributed by atoms with van der Waals surface area (Å²) in [4.78, 5) is 11.8. The summed E-state index contributed by atoms with van der Waals surface area (Å²) < 4.78 is 1.95. The van der Waals surface area contributed by atoms with E-state index in [1.807, 2.05) is 24.7 Å². The number of aryl methyl sites for hydroxylation is 1. The summed E-state index contributed by atoms with van der Waals surface area (Å²) in [6.07, 6.45) is 2.04. The fourth-order valence-electron chi connectivity index (χ4n) is 2.36. The lowest BCUT2D eigenvalue weighted by atomic mass is 9.91. The van der Waals surface area contributed by atoms with Gasteiger partial charge in [-0.25, -0.2) is 0 Å². The Kier molecular flexibility index (Phi) is 4.49. The van der Waals surface area contributed by atoms with Crippen LogP contribution in [0, 0.1) is 12.8 Å². The normalized spacial score (nSPS) is 13.2. The van der Waals surface area contributed by atoms with Crippen LogP contribution >= 0.6 is 0 Å². The van der Waals surface area contributed by atoms with Crippen molar-refractivity contribution in [2.45, 2.75) is 54.5 Å². The molecule has 0 atom stereocenters. The molecule has 3 heteroatoms. The summed E-state index contributed by atoms with van der Waals surface area (Å²) in [6.45, 7) is 14.0. The number of hydrogen-bond donors (Lipinski definition) is 0. The van der Waals surface area contributed by atoms with Gasteiger partial charge in [0.15, 0.2) is 5.78 Å². The summed E-state index contributed by atoms with van der Waals surface area (Å²) in [5.41, 5.74) is 4.03. The van der Waals surface area contributed by atoms with Crippen molar-refractivity contribution in [3.8, 4) is 0 Å². The summed E-state index contributed by atoms with van der Waals surface area (Å²) in [5, 5.41) is 4.50.